The zero-order chi connectivity index (χ0) is 14.5. The molecule has 0 spiro atoms. The molecule has 0 aliphatic carbocycles. The van der Waals surface area contributed by atoms with E-state index in [0.717, 1.165) is 17.0 Å². The van der Waals surface area contributed by atoms with E-state index < -0.39 is 0 Å². The zero-order valence-electron chi connectivity index (χ0n) is 12.0. The van der Waals surface area contributed by atoms with Gasteiger partial charge < -0.3 is 10.1 Å². The molecular weight excluding hydrogens is 272 g/mol. The number of methoxy groups -OCH3 is 1. The van der Waals surface area contributed by atoms with Crippen LogP contribution >= 0.6 is 11.6 Å². The Morgan fingerprint density at radius 2 is 2.15 bits per heavy atom. The summed E-state index contributed by atoms with van der Waals surface area (Å²) < 4.78 is 5.38. The van der Waals surface area contributed by atoms with Gasteiger partial charge in [-0.3, -0.25) is 4.98 Å². The summed E-state index contributed by atoms with van der Waals surface area (Å²) in [5.41, 5.74) is 3.29. The SMILES string of the molecule is COc1ccc(Cl)cc1C(C)NCc1ncccc1C. The number of ether oxygens (including phenoxy) is 1. The van der Waals surface area contributed by atoms with Crippen molar-refractivity contribution in [2.75, 3.05) is 7.11 Å². The summed E-state index contributed by atoms with van der Waals surface area (Å²) in [5.74, 6) is 0.840. The van der Waals surface area contributed by atoms with Crippen LogP contribution < -0.4 is 10.1 Å². The number of rotatable bonds is 5. The fourth-order valence-electron chi connectivity index (χ4n) is 2.11. The molecule has 1 heterocycles. The van der Waals surface area contributed by atoms with Gasteiger partial charge in [0.15, 0.2) is 0 Å². The number of nitrogens with zero attached hydrogens (tertiary/aromatic N) is 1. The summed E-state index contributed by atoms with van der Waals surface area (Å²) >= 11 is 6.06. The molecule has 0 aliphatic rings. The quantitative estimate of drug-likeness (QED) is 0.907. The van der Waals surface area contributed by atoms with Gasteiger partial charge in [0, 0.05) is 29.4 Å². The number of benzene rings is 1. The van der Waals surface area contributed by atoms with Gasteiger partial charge in [0.25, 0.3) is 0 Å². The Morgan fingerprint density at radius 3 is 2.85 bits per heavy atom. The second-order valence-electron chi connectivity index (χ2n) is 4.76. The highest BCUT2D eigenvalue weighted by Crippen LogP contribution is 2.28. The van der Waals surface area contributed by atoms with Crippen LogP contribution in [0.3, 0.4) is 0 Å². The average Bonchev–Trinajstić information content (AvgIpc) is 2.46. The summed E-state index contributed by atoms with van der Waals surface area (Å²) in [7, 11) is 1.67. The van der Waals surface area contributed by atoms with Gasteiger partial charge in [0.2, 0.25) is 0 Å². The Labute approximate surface area is 124 Å². The number of hydrogen-bond acceptors (Lipinski definition) is 3. The first-order valence-corrected chi connectivity index (χ1v) is 6.97. The van der Waals surface area contributed by atoms with Crippen LogP contribution in [0.25, 0.3) is 0 Å². The first-order valence-electron chi connectivity index (χ1n) is 6.59. The fourth-order valence-corrected chi connectivity index (χ4v) is 2.29. The average molecular weight is 291 g/mol. The summed E-state index contributed by atoms with van der Waals surface area (Å²) in [4.78, 5) is 4.38. The van der Waals surface area contributed by atoms with Gasteiger partial charge in [-0.05, 0) is 43.7 Å². The molecule has 2 aromatic rings. The van der Waals surface area contributed by atoms with Gasteiger partial charge in [-0.15, -0.1) is 0 Å². The second-order valence-corrected chi connectivity index (χ2v) is 5.19. The summed E-state index contributed by atoms with van der Waals surface area (Å²) in [6.07, 6.45) is 1.81. The third-order valence-electron chi connectivity index (χ3n) is 3.35. The van der Waals surface area contributed by atoms with Gasteiger partial charge in [-0.2, -0.15) is 0 Å². The van der Waals surface area contributed by atoms with Crippen molar-refractivity contribution in [3.05, 3.63) is 58.4 Å². The van der Waals surface area contributed by atoms with E-state index in [2.05, 4.69) is 30.2 Å². The predicted molar refractivity (Wildman–Crippen MR) is 82.2 cm³/mol. The minimum Gasteiger partial charge on any atom is -0.496 e. The van der Waals surface area contributed by atoms with E-state index in [0.29, 0.717) is 11.6 Å². The van der Waals surface area contributed by atoms with Crippen LogP contribution in [-0.2, 0) is 6.54 Å². The molecule has 3 nitrogen and oxygen atoms in total. The highest BCUT2D eigenvalue weighted by molar-refractivity contribution is 6.30. The lowest BCUT2D eigenvalue weighted by atomic mass is 10.1. The molecule has 1 N–H and O–H groups in total. The Bertz CT molecular complexity index is 586. The van der Waals surface area contributed by atoms with Crippen LogP contribution in [-0.4, -0.2) is 12.1 Å². The van der Waals surface area contributed by atoms with Crippen LogP contribution in [0.1, 0.15) is 29.8 Å². The molecular formula is C16H19ClN2O. The van der Waals surface area contributed by atoms with Gasteiger partial charge in [0.05, 0.1) is 12.8 Å². The van der Waals surface area contributed by atoms with Crippen LogP contribution in [0.5, 0.6) is 5.75 Å². The molecule has 106 valence electrons. The molecule has 1 unspecified atom stereocenters. The lowest BCUT2D eigenvalue weighted by Crippen LogP contribution is -2.20. The molecule has 4 heteroatoms. The highest BCUT2D eigenvalue weighted by atomic mass is 35.5. The molecule has 20 heavy (non-hydrogen) atoms. The molecule has 1 aromatic carbocycles. The van der Waals surface area contributed by atoms with E-state index >= 15 is 0 Å². The minimum atomic E-state index is 0.130. The second kappa shape index (κ2) is 6.73. The Hall–Kier alpha value is -1.58. The van der Waals surface area contributed by atoms with Crippen molar-refractivity contribution in [2.45, 2.75) is 26.4 Å². The molecule has 1 aromatic heterocycles. The molecule has 1 atom stereocenters. The first-order chi connectivity index (χ1) is 9.61. The third-order valence-corrected chi connectivity index (χ3v) is 3.59. The normalized spacial score (nSPS) is 12.2. The molecule has 0 saturated carbocycles. The van der Waals surface area contributed by atoms with E-state index in [9.17, 15) is 0 Å². The maximum atomic E-state index is 6.06. The molecule has 0 bridgehead atoms. The van der Waals surface area contributed by atoms with E-state index in [-0.39, 0.29) is 6.04 Å². The molecule has 0 radical (unpaired) electrons. The predicted octanol–water partition coefficient (Wildman–Crippen LogP) is 3.90. The number of aromatic nitrogens is 1. The first kappa shape index (κ1) is 14.8. The largest absolute Gasteiger partial charge is 0.496 e. The standard InChI is InChI=1S/C16H19ClN2O/c1-11-5-4-8-18-15(11)10-19-12(2)14-9-13(17)6-7-16(14)20-3/h4-9,12,19H,10H2,1-3H3. The maximum absolute atomic E-state index is 6.06. The van der Waals surface area contributed by atoms with Crippen molar-refractivity contribution in [3.8, 4) is 5.75 Å². The fraction of sp³-hybridized carbons (Fsp3) is 0.312. The van der Waals surface area contributed by atoms with Crippen LogP contribution in [0.2, 0.25) is 5.02 Å². The van der Waals surface area contributed by atoms with Crippen LogP contribution in [0, 0.1) is 6.92 Å². The van der Waals surface area contributed by atoms with Crippen molar-refractivity contribution in [1.82, 2.24) is 10.3 Å². The lowest BCUT2D eigenvalue weighted by molar-refractivity contribution is 0.401. The Balaban J connectivity index is 2.11. The van der Waals surface area contributed by atoms with Crippen molar-refractivity contribution in [3.63, 3.8) is 0 Å². The number of aryl methyl sites for hydroxylation is 1. The highest BCUT2D eigenvalue weighted by Gasteiger charge is 2.12. The van der Waals surface area contributed by atoms with Gasteiger partial charge in [-0.1, -0.05) is 17.7 Å². The molecule has 2 rings (SSSR count). The summed E-state index contributed by atoms with van der Waals surface area (Å²) in [5, 5.41) is 4.17. The summed E-state index contributed by atoms with van der Waals surface area (Å²) in [6.45, 7) is 4.87. The molecule has 0 amide bonds. The van der Waals surface area contributed by atoms with Crippen molar-refractivity contribution in [2.24, 2.45) is 0 Å². The minimum absolute atomic E-state index is 0.130. The van der Waals surface area contributed by atoms with Crippen molar-refractivity contribution in [1.29, 1.82) is 0 Å². The van der Waals surface area contributed by atoms with Gasteiger partial charge in [0.1, 0.15) is 5.75 Å². The van der Waals surface area contributed by atoms with E-state index in [4.69, 9.17) is 16.3 Å². The van der Waals surface area contributed by atoms with E-state index in [1.807, 2.05) is 30.5 Å². The van der Waals surface area contributed by atoms with Gasteiger partial charge >= 0.3 is 0 Å². The van der Waals surface area contributed by atoms with Crippen LogP contribution in [0.15, 0.2) is 36.5 Å². The lowest BCUT2D eigenvalue weighted by Gasteiger charge is -2.18. The van der Waals surface area contributed by atoms with Crippen molar-refractivity contribution >= 4 is 11.6 Å². The topological polar surface area (TPSA) is 34.1 Å². The zero-order valence-corrected chi connectivity index (χ0v) is 12.7. The smallest absolute Gasteiger partial charge is 0.123 e. The van der Waals surface area contributed by atoms with E-state index in [1.165, 1.54) is 5.56 Å². The van der Waals surface area contributed by atoms with Gasteiger partial charge in [-0.25, -0.2) is 0 Å². The Kier molecular flexibility index (Phi) is 4.99. The van der Waals surface area contributed by atoms with E-state index in [1.54, 1.807) is 7.11 Å². The van der Waals surface area contributed by atoms with Crippen LogP contribution in [0.4, 0.5) is 0 Å². The number of nitrogens with one attached hydrogen (secondary N) is 1. The number of pyridine rings is 1. The summed E-state index contributed by atoms with van der Waals surface area (Å²) in [6, 6.07) is 9.80. The van der Waals surface area contributed by atoms with Crippen molar-refractivity contribution < 1.29 is 4.74 Å². The maximum Gasteiger partial charge on any atom is 0.123 e. The number of halogens is 1. The molecule has 0 aliphatic heterocycles. The monoisotopic (exact) mass is 290 g/mol. The molecule has 0 fully saturated rings. The number of hydrogen-bond donors (Lipinski definition) is 1. The third kappa shape index (κ3) is 3.50. The Morgan fingerprint density at radius 1 is 1.35 bits per heavy atom. The molecule has 0 saturated heterocycles.